The highest BCUT2D eigenvalue weighted by Crippen LogP contribution is 2.40. The molecule has 0 bridgehead atoms. The fourth-order valence-electron chi connectivity index (χ4n) is 3.22. The summed E-state index contributed by atoms with van der Waals surface area (Å²) in [4.78, 5) is 2.58. The number of hydrogen-bond donors (Lipinski definition) is 1. The third kappa shape index (κ3) is 2.93. The van der Waals surface area contributed by atoms with Crippen LogP contribution in [0.25, 0.3) is 0 Å². The van der Waals surface area contributed by atoms with Crippen LogP contribution in [0, 0.1) is 5.92 Å². The number of hydrogen-bond acceptors (Lipinski definition) is 3. The zero-order valence-electron chi connectivity index (χ0n) is 12.0. The molecular formula is C16H24N2O. The van der Waals surface area contributed by atoms with Crippen molar-refractivity contribution in [3.63, 3.8) is 0 Å². The first kappa shape index (κ1) is 12.9. The molecule has 3 rings (SSSR count). The lowest BCUT2D eigenvalue weighted by Crippen LogP contribution is -2.59. The summed E-state index contributed by atoms with van der Waals surface area (Å²) in [5.74, 6) is 1.83. The van der Waals surface area contributed by atoms with Crippen LogP contribution in [0.4, 0.5) is 0 Å². The Morgan fingerprint density at radius 1 is 1.32 bits per heavy atom. The van der Waals surface area contributed by atoms with Crippen LogP contribution in [-0.2, 0) is 6.54 Å². The molecule has 3 nitrogen and oxygen atoms in total. The van der Waals surface area contributed by atoms with Crippen molar-refractivity contribution in [2.45, 2.75) is 31.8 Å². The van der Waals surface area contributed by atoms with Crippen LogP contribution in [0.15, 0.2) is 24.3 Å². The molecule has 1 aromatic rings. The molecule has 1 saturated heterocycles. The molecule has 1 atom stereocenters. The molecule has 3 heteroatoms. The summed E-state index contributed by atoms with van der Waals surface area (Å²) in [7, 11) is 1.71. The predicted octanol–water partition coefficient (Wildman–Crippen LogP) is 2.27. The SMILES string of the molecule is COc1ccc(CN2CCNC(C)(C3CC3)C2)cc1. The van der Waals surface area contributed by atoms with Gasteiger partial charge in [0.25, 0.3) is 0 Å². The lowest BCUT2D eigenvalue weighted by molar-refractivity contribution is 0.121. The summed E-state index contributed by atoms with van der Waals surface area (Å²) < 4.78 is 5.21. The topological polar surface area (TPSA) is 24.5 Å². The van der Waals surface area contributed by atoms with Gasteiger partial charge in [-0.3, -0.25) is 4.90 Å². The van der Waals surface area contributed by atoms with Crippen LogP contribution < -0.4 is 10.1 Å². The molecule has 0 spiro atoms. The molecule has 0 amide bonds. The zero-order chi connectivity index (χ0) is 13.3. The van der Waals surface area contributed by atoms with Crippen molar-refractivity contribution in [1.29, 1.82) is 0 Å². The molecule has 1 heterocycles. The van der Waals surface area contributed by atoms with E-state index in [4.69, 9.17) is 4.74 Å². The van der Waals surface area contributed by atoms with Crippen LogP contribution in [0.5, 0.6) is 5.75 Å². The second-order valence-electron chi connectivity index (χ2n) is 6.18. The Balaban J connectivity index is 1.62. The fourth-order valence-corrected chi connectivity index (χ4v) is 3.22. The lowest BCUT2D eigenvalue weighted by Gasteiger charge is -2.42. The predicted molar refractivity (Wildman–Crippen MR) is 77.4 cm³/mol. The standard InChI is InChI=1S/C16H24N2O/c1-16(14-5-6-14)12-18(10-9-17-16)11-13-3-7-15(19-2)8-4-13/h3-4,7-8,14,17H,5-6,9-12H2,1-2H3. The van der Waals surface area contributed by atoms with Gasteiger partial charge in [-0.25, -0.2) is 0 Å². The van der Waals surface area contributed by atoms with E-state index in [2.05, 4.69) is 41.4 Å². The maximum atomic E-state index is 5.21. The van der Waals surface area contributed by atoms with Crippen molar-refractivity contribution in [2.24, 2.45) is 5.92 Å². The van der Waals surface area contributed by atoms with Gasteiger partial charge in [0.2, 0.25) is 0 Å². The van der Waals surface area contributed by atoms with Gasteiger partial charge in [0.15, 0.2) is 0 Å². The quantitative estimate of drug-likeness (QED) is 0.899. The maximum absolute atomic E-state index is 5.21. The van der Waals surface area contributed by atoms with Gasteiger partial charge in [0.1, 0.15) is 5.75 Å². The summed E-state index contributed by atoms with van der Waals surface area (Å²) in [6.45, 7) is 6.88. The Bertz CT molecular complexity index is 427. The van der Waals surface area contributed by atoms with E-state index in [1.165, 1.54) is 24.9 Å². The molecule has 1 aliphatic heterocycles. The second kappa shape index (κ2) is 5.14. The first-order valence-electron chi connectivity index (χ1n) is 7.30. The van der Waals surface area contributed by atoms with E-state index in [0.29, 0.717) is 5.54 Å². The van der Waals surface area contributed by atoms with Crippen LogP contribution in [-0.4, -0.2) is 37.2 Å². The zero-order valence-corrected chi connectivity index (χ0v) is 12.0. The molecule has 1 aromatic carbocycles. The molecule has 2 aliphatic rings. The van der Waals surface area contributed by atoms with Crippen molar-refractivity contribution in [2.75, 3.05) is 26.7 Å². The fraction of sp³-hybridized carbons (Fsp3) is 0.625. The Hall–Kier alpha value is -1.06. The van der Waals surface area contributed by atoms with Gasteiger partial charge in [-0.1, -0.05) is 12.1 Å². The van der Waals surface area contributed by atoms with E-state index in [1.807, 2.05) is 0 Å². The molecule has 0 radical (unpaired) electrons. The molecule has 0 aromatic heterocycles. The van der Waals surface area contributed by atoms with Gasteiger partial charge in [-0.2, -0.15) is 0 Å². The minimum atomic E-state index is 0.338. The number of nitrogens with zero attached hydrogens (tertiary/aromatic N) is 1. The van der Waals surface area contributed by atoms with Gasteiger partial charge in [-0.15, -0.1) is 0 Å². The summed E-state index contributed by atoms with van der Waals surface area (Å²) in [6.07, 6.45) is 2.81. The lowest BCUT2D eigenvalue weighted by atomic mass is 9.92. The third-order valence-corrected chi connectivity index (χ3v) is 4.55. The highest BCUT2D eigenvalue weighted by molar-refractivity contribution is 5.27. The van der Waals surface area contributed by atoms with Crippen molar-refractivity contribution in [3.05, 3.63) is 29.8 Å². The van der Waals surface area contributed by atoms with E-state index < -0.39 is 0 Å². The van der Waals surface area contributed by atoms with E-state index in [1.54, 1.807) is 7.11 Å². The average Bonchev–Trinajstić information content (AvgIpc) is 3.24. The molecule has 19 heavy (non-hydrogen) atoms. The molecule has 1 aliphatic carbocycles. The van der Waals surface area contributed by atoms with Crippen LogP contribution in [0.1, 0.15) is 25.3 Å². The number of methoxy groups -OCH3 is 1. The van der Waals surface area contributed by atoms with Crippen LogP contribution in [0.3, 0.4) is 0 Å². The number of rotatable bonds is 4. The van der Waals surface area contributed by atoms with Gasteiger partial charge in [0, 0.05) is 31.7 Å². The summed E-state index contributed by atoms with van der Waals surface area (Å²) >= 11 is 0. The molecule has 1 saturated carbocycles. The van der Waals surface area contributed by atoms with Gasteiger partial charge in [-0.05, 0) is 43.4 Å². The van der Waals surface area contributed by atoms with E-state index in [9.17, 15) is 0 Å². The highest BCUT2D eigenvalue weighted by atomic mass is 16.5. The van der Waals surface area contributed by atoms with Crippen LogP contribution in [0.2, 0.25) is 0 Å². The normalized spacial score (nSPS) is 28.3. The highest BCUT2D eigenvalue weighted by Gasteiger charge is 2.43. The molecule has 104 valence electrons. The minimum absolute atomic E-state index is 0.338. The van der Waals surface area contributed by atoms with Crippen molar-refractivity contribution in [1.82, 2.24) is 10.2 Å². The molecule has 2 fully saturated rings. The Kier molecular flexibility index (Phi) is 3.50. The number of piperazine rings is 1. The van der Waals surface area contributed by atoms with E-state index in [-0.39, 0.29) is 0 Å². The Morgan fingerprint density at radius 2 is 2.05 bits per heavy atom. The monoisotopic (exact) mass is 260 g/mol. The van der Waals surface area contributed by atoms with Gasteiger partial charge < -0.3 is 10.1 Å². The van der Waals surface area contributed by atoms with Crippen molar-refractivity contribution in [3.8, 4) is 5.75 Å². The Labute approximate surface area is 115 Å². The van der Waals surface area contributed by atoms with Crippen molar-refractivity contribution >= 4 is 0 Å². The molecule has 1 N–H and O–H groups in total. The van der Waals surface area contributed by atoms with E-state index in [0.717, 1.165) is 31.3 Å². The summed E-state index contributed by atoms with van der Waals surface area (Å²) in [6, 6.07) is 8.46. The first-order chi connectivity index (χ1) is 9.19. The maximum Gasteiger partial charge on any atom is 0.118 e. The van der Waals surface area contributed by atoms with Crippen molar-refractivity contribution < 1.29 is 4.74 Å². The smallest absolute Gasteiger partial charge is 0.118 e. The second-order valence-corrected chi connectivity index (χ2v) is 6.18. The summed E-state index contributed by atoms with van der Waals surface area (Å²) in [5.41, 5.74) is 1.71. The number of benzene rings is 1. The largest absolute Gasteiger partial charge is 0.497 e. The molecular weight excluding hydrogens is 236 g/mol. The van der Waals surface area contributed by atoms with Gasteiger partial charge >= 0.3 is 0 Å². The number of nitrogens with one attached hydrogen (secondary N) is 1. The number of ether oxygens (including phenoxy) is 1. The van der Waals surface area contributed by atoms with Gasteiger partial charge in [0.05, 0.1) is 7.11 Å². The minimum Gasteiger partial charge on any atom is -0.497 e. The average molecular weight is 260 g/mol. The first-order valence-corrected chi connectivity index (χ1v) is 7.30. The van der Waals surface area contributed by atoms with E-state index >= 15 is 0 Å². The summed E-state index contributed by atoms with van der Waals surface area (Å²) in [5, 5.41) is 3.73. The third-order valence-electron chi connectivity index (χ3n) is 4.55. The molecule has 1 unspecified atom stereocenters. The van der Waals surface area contributed by atoms with Crippen LogP contribution >= 0.6 is 0 Å². The Morgan fingerprint density at radius 3 is 2.68 bits per heavy atom.